The number of hydrogen-bond acceptors (Lipinski definition) is 8. The molecule has 132 valence electrons. The number of carbonyl (C=O) groups excluding carboxylic acids is 3. The molecule has 1 saturated carbocycles. The first kappa shape index (κ1) is 17.3. The predicted molar refractivity (Wildman–Crippen MR) is 86.7 cm³/mol. The lowest BCUT2D eigenvalue weighted by Crippen LogP contribution is -2.35. The van der Waals surface area contributed by atoms with Gasteiger partial charge < -0.3 is 0 Å². The second kappa shape index (κ2) is 6.39. The number of aromatic nitrogens is 1. The number of nitrogens with zero attached hydrogens (tertiary/aromatic N) is 3. The summed E-state index contributed by atoms with van der Waals surface area (Å²) in [6, 6.07) is 3.36. The Morgan fingerprint density at radius 3 is 2.31 bits per heavy atom. The van der Waals surface area contributed by atoms with Gasteiger partial charge in [0.15, 0.2) is 17.3 Å². The van der Waals surface area contributed by atoms with Crippen LogP contribution >= 0.6 is 0 Å². The number of carbonyl (C=O) groups is 3. The fourth-order valence-corrected chi connectivity index (χ4v) is 3.02. The van der Waals surface area contributed by atoms with Crippen molar-refractivity contribution in [2.75, 3.05) is 0 Å². The number of nitro benzene ring substituents is 1. The van der Waals surface area contributed by atoms with Crippen LogP contribution in [0.5, 0.6) is 0 Å². The highest BCUT2D eigenvalue weighted by atomic mass is 16.6. The van der Waals surface area contributed by atoms with E-state index in [0.717, 1.165) is 18.3 Å². The molecule has 1 fully saturated rings. The third kappa shape index (κ3) is 2.81. The molecule has 0 unspecified atom stereocenters. The number of pyridine rings is 1. The number of benzene rings is 1. The van der Waals surface area contributed by atoms with Crippen molar-refractivity contribution < 1.29 is 24.2 Å². The minimum Gasteiger partial charge on any atom is -0.298 e. The Labute approximate surface area is 145 Å². The van der Waals surface area contributed by atoms with Crippen LogP contribution in [-0.4, -0.2) is 32.2 Å². The van der Waals surface area contributed by atoms with Crippen LogP contribution < -0.4 is 0 Å². The van der Waals surface area contributed by atoms with Crippen LogP contribution in [-0.2, 0) is 9.59 Å². The van der Waals surface area contributed by atoms with Crippen molar-refractivity contribution in [1.29, 1.82) is 0 Å². The van der Waals surface area contributed by atoms with Crippen molar-refractivity contribution >= 4 is 39.6 Å². The molecular formula is C16H11N3O7. The minimum atomic E-state index is -1.59. The number of rotatable bonds is 4. The molecular weight excluding hydrogens is 346 g/mol. The fraction of sp³-hybridized carbons (Fsp3) is 0.250. The van der Waals surface area contributed by atoms with Gasteiger partial charge in [-0.3, -0.25) is 34.6 Å². The lowest BCUT2D eigenvalue weighted by atomic mass is 9.81. The number of fused-ring (bicyclic) bond motifs is 1. The van der Waals surface area contributed by atoms with Crippen LogP contribution in [0.2, 0.25) is 0 Å². The van der Waals surface area contributed by atoms with Crippen LogP contribution in [0.1, 0.15) is 29.6 Å². The number of ketones is 3. The van der Waals surface area contributed by atoms with Gasteiger partial charge in [-0.1, -0.05) is 0 Å². The van der Waals surface area contributed by atoms with Gasteiger partial charge in [-0.15, -0.1) is 0 Å². The normalized spacial score (nSPS) is 15.2. The van der Waals surface area contributed by atoms with Gasteiger partial charge in [0, 0.05) is 30.4 Å². The summed E-state index contributed by atoms with van der Waals surface area (Å²) in [5.74, 6) is -3.75. The highest BCUT2D eigenvalue weighted by Crippen LogP contribution is 2.32. The van der Waals surface area contributed by atoms with E-state index >= 15 is 0 Å². The molecule has 0 bridgehead atoms. The van der Waals surface area contributed by atoms with E-state index in [1.807, 2.05) is 0 Å². The molecule has 2 aromatic rings. The first-order valence-corrected chi connectivity index (χ1v) is 7.62. The average molecular weight is 357 g/mol. The smallest absolute Gasteiger partial charge is 0.288 e. The molecule has 0 atom stereocenters. The Hall–Kier alpha value is -3.56. The van der Waals surface area contributed by atoms with E-state index in [0.29, 0.717) is 6.42 Å². The van der Waals surface area contributed by atoms with Crippen molar-refractivity contribution in [3.8, 4) is 0 Å². The topological polar surface area (TPSA) is 150 Å². The predicted octanol–water partition coefficient (Wildman–Crippen LogP) is 2.17. The van der Waals surface area contributed by atoms with Crippen LogP contribution in [0.25, 0.3) is 10.9 Å². The van der Waals surface area contributed by atoms with Gasteiger partial charge in [-0.05, 0) is 12.5 Å². The van der Waals surface area contributed by atoms with E-state index in [1.54, 1.807) is 0 Å². The molecule has 0 spiro atoms. The van der Waals surface area contributed by atoms with Crippen LogP contribution in [0.15, 0.2) is 24.4 Å². The number of hydrogen-bond donors (Lipinski definition) is 0. The van der Waals surface area contributed by atoms with E-state index in [9.17, 15) is 34.6 Å². The Balaban J connectivity index is 2.24. The highest BCUT2D eigenvalue weighted by molar-refractivity contribution is 6.28. The van der Waals surface area contributed by atoms with Crippen LogP contribution in [0.3, 0.4) is 0 Å². The lowest BCUT2D eigenvalue weighted by molar-refractivity contribution is -0.385. The summed E-state index contributed by atoms with van der Waals surface area (Å²) < 4.78 is 0. The maximum atomic E-state index is 12.9. The Morgan fingerprint density at radius 1 is 1.08 bits per heavy atom. The molecule has 3 rings (SSSR count). The SMILES string of the molecule is O=C1CCCC(=O)C1C(=O)c1c([N+](=O)[O-])ccc2cc([N+](=O)[O-])cnc12. The molecule has 0 radical (unpaired) electrons. The van der Waals surface area contributed by atoms with Crippen molar-refractivity contribution in [1.82, 2.24) is 4.98 Å². The van der Waals surface area contributed by atoms with Crippen molar-refractivity contribution in [3.63, 3.8) is 0 Å². The number of nitro groups is 2. The molecule has 1 heterocycles. The fourth-order valence-electron chi connectivity index (χ4n) is 3.02. The van der Waals surface area contributed by atoms with E-state index in [2.05, 4.69) is 4.98 Å². The van der Waals surface area contributed by atoms with Gasteiger partial charge in [0.1, 0.15) is 17.7 Å². The minimum absolute atomic E-state index is 0.0413. The van der Waals surface area contributed by atoms with Crippen molar-refractivity contribution in [2.24, 2.45) is 5.92 Å². The molecule has 1 aliphatic rings. The average Bonchev–Trinajstić information content (AvgIpc) is 2.59. The standard InChI is InChI=1S/C16H11N3O7/c20-11-2-1-3-12(21)14(11)16(22)13-10(19(25)26)5-4-8-6-9(18(23)24)7-17-15(8)13/h4-7,14H,1-3H2. The largest absolute Gasteiger partial charge is 0.298 e. The third-order valence-corrected chi connectivity index (χ3v) is 4.22. The maximum Gasteiger partial charge on any atom is 0.288 e. The molecule has 10 nitrogen and oxygen atoms in total. The molecule has 0 N–H and O–H groups in total. The van der Waals surface area contributed by atoms with Crippen LogP contribution in [0, 0.1) is 26.1 Å². The molecule has 1 aliphatic carbocycles. The molecule has 26 heavy (non-hydrogen) atoms. The van der Waals surface area contributed by atoms with Crippen molar-refractivity contribution in [3.05, 3.63) is 50.2 Å². The third-order valence-electron chi connectivity index (χ3n) is 4.22. The summed E-state index contributed by atoms with van der Waals surface area (Å²) in [6.07, 6.45) is 1.29. The Kier molecular flexibility index (Phi) is 4.24. The van der Waals surface area contributed by atoms with E-state index in [-0.39, 0.29) is 29.4 Å². The van der Waals surface area contributed by atoms with E-state index < -0.39 is 44.4 Å². The van der Waals surface area contributed by atoms with Gasteiger partial charge in [-0.25, -0.2) is 4.98 Å². The van der Waals surface area contributed by atoms with E-state index in [4.69, 9.17) is 0 Å². The van der Waals surface area contributed by atoms with Gasteiger partial charge in [0.25, 0.3) is 11.4 Å². The summed E-state index contributed by atoms with van der Waals surface area (Å²) >= 11 is 0. The summed E-state index contributed by atoms with van der Waals surface area (Å²) in [5, 5.41) is 22.3. The molecule has 0 saturated heterocycles. The number of Topliss-reactive ketones (excluding diaryl/α,β-unsaturated/α-hetero) is 3. The first-order valence-electron chi connectivity index (χ1n) is 7.62. The lowest BCUT2D eigenvalue weighted by Gasteiger charge is -2.18. The van der Waals surface area contributed by atoms with Crippen LogP contribution in [0.4, 0.5) is 11.4 Å². The Morgan fingerprint density at radius 2 is 1.73 bits per heavy atom. The van der Waals surface area contributed by atoms with Gasteiger partial charge in [-0.2, -0.15) is 0 Å². The molecule has 10 heteroatoms. The van der Waals surface area contributed by atoms with Gasteiger partial charge >= 0.3 is 0 Å². The van der Waals surface area contributed by atoms with Crippen molar-refractivity contribution in [2.45, 2.75) is 19.3 Å². The van der Waals surface area contributed by atoms with E-state index in [1.165, 1.54) is 6.07 Å². The molecule has 1 aromatic carbocycles. The summed E-state index contributed by atoms with van der Waals surface area (Å²) in [6.45, 7) is 0. The summed E-state index contributed by atoms with van der Waals surface area (Å²) in [7, 11) is 0. The van der Waals surface area contributed by atoms with Gasteiger partial charge in [0.05, 0.1) is 15.4 Å². The second-order valence-electron chi connectivity index (χ2n) is 5.82. The highest BCUT2D eigenvalue weighted by Gasteiger charge is 2.40. The zero-order valence-electron chi connectivity index (χ0n) is 13.2. The maximum absolute atomic E-state index is 12.9. The second-order valence-corrected chi connectivity index (χ2v) is 5.82. The van der Waals surface area contributed by atoms with Gasteiger partial charge in [0.2, 0.25) is 0 Å². The summed E-state index contributed by atoms with van der Waals surface area (Å²) in [5.41, 5.74) is -1.58. The first-order chi connectivity index (χ1) is 12.3. The monoisotopic (exact) mass is 357 g/mol. The molecule has 1 aromatic heterocycles. The zero-order chi connectivity index (χ0) is 19.0. The quantitative estimate of drug-likeness (QED) is 0.349. The molecule has 0 amide bonds. The zero-order valence-corrected chi connectivity index (χ0v) is 13.2. The summed E-state index contributed by atoms with van der Waals surface area (Å²) in [4.78, 5) is 61.5. The molecule has 0 aliphatic heterocycles. The Bertz CT molecular complexity index is 983.